The van der Waals surface area contributed by atoms with Gasteiger partial charge in [0.05, 0.1) is 54.2 Å². The van der Waals surface area contributed by atoms with E-state index in [0.717, 1.165) is 0 Å². The van der Waals surface area contributed by atoms with Crippen LogP contribution in [-0.4, -0.2) is 165 Å². The molecule has 16 heteroatoms. The molecule has 1 N–H and O–H groups in total. The van der Waals surface area contributed by atoms with Crippen molar-refractivity contribution in [3.63, 3.8) is 0 Å². The number of ether oxygens (including phenoxy) is 10. The second-order valence-corrected chi connectivity index (χ2v) is 18.8. The van der Waals surface area contributed by atoms with Crippen molar-refractivity contribution in [3.05, 3.63) is 12.7 Å². The van der Waals surface area contributed by atoms with Gasteiger partial charge in [-0.3, -0.25) is 14.5 Å². The first-order valence-electron chi connectivity index (χ1n) is 21.7. The summed E-state index contributed by atoms with van der Waals surface area (Å²) >= 11 is 0. The monoisotopic (exact) mass is 857 g/mol. The van der Waals surface area contributed by atoms with Gasteiger partial charge in [0.1, 0.15) is 12.2 Å². The number of hydrogen-bond donors (Lipinski definition) is 1. The van der Waals surface area contributed by atoms with E-state index in [-0.39, 0.29) is 43.6 Å². The number of esters is 2. The number of fused-ring (bicyclic) bond motifs is 1. The fraction of sp³-hybridized carbons (Fsp3) is 0.886. The molecule has 0 aromatic rings. The van der Waals surface area contributed by atoms with Gasteiger partial charge in [0.15, 0.2) is 30.4 Å². The van der Waals surface area contributed by atoms with E-state index in [1.165, 1.54) is 6.92 Å². The molecule has 16 nitrogen and oxygen atoms in total. The van der Waals surface area contributed by atoms with Gasteiger partial charge in [-0.25, -0.2) is 4.79 Å². The van der Waals surface area contributed by atoms with E-state index >= 15 is 0 Å². The van der Waals surface area contributed by atoms with E-state index in [0.29, 0.717) is 19.4 Å². The zero-order valence-corrected chi connectivity index (χ0v) is 38.8. The average Bonchev–Trinajstić information content (AvgIpc) is 3.47. The Bertz CT molecular complexity index is 1470. The molecule has 0 bridgehead atoms. The van der Waals surface area contributed by atoms with E-state index in [1.807, 2.05) is 74.5 Å². The number of carbonyl (C=O) groups is 3. The summed E-state index contributed by atoms with van der Waals surface area (Å²) in [5.41, 5.74) is -3.75. The van der Waals surface area contributed by atoms with Crippen molar-refractivity contribution in [1.82, 2.24) is 9.80 Å². The molecule has 0 aromatic carbocycles. The average molecular weight is 857 g/mol. The lowest BCUT2D eigenvalue weighted by Gasteiger charge is -2.49. The summed E-state index contributed by atoms with van der Waals surface area (Å²) in [6, 6.07) is -0.626. The molecular formula is C44H76N2O14. The first-order valence-corrected chi connectivity index (χ1v) is 21.7. The number of likely N-dealkylation sites (N-methyl/N-ethyl adjacent to an activating group) is 2. The highest BCUT2D eigenvalue weighted by atomic mass is 16.8. The van der Waals surface area contributed by atoms with Gasteiger partial charge in [-0.15, -0.1) is 6.58 Å². The molecule has 0 amide bonds. The smallest absolute Gasteiger partial charge is 0.458 e. The zero-order chi connectivity index (χ0) is 45.1. The number of carbonyl (C=O) groups excluding carboxylic acids is 3. The molecule has 60 heavy (non-hydrogen) atoms. The fourth-order valence-electron chi connectivity index (χ4n) is 10.1. The maximum Gasteiger partial charge on any atom is 0.509 e. The van der Waals surface area contributed by atoms with Gasteiger partial charge in [0, 0.05) is 39.0 Å². The topological polar surface area (TPSA) is 170 Å². The third-order valence-electron chi connectivity index (χ3n) is 13.3. The molecule has 0 radical (unpaired) electrons. The molecular weight excluding hydrogens is 780 g/mol. The van der Waals surface area contributed by atoms with E-state index in [9.17, 15) is 19.5 Å². The van der Waals surface area contributed by atoms with Gasteiger partial charge in [0.25, 0.3) is 0 Å². The number of cyclic esters (lactones) is 1. The van der Waals surface area contributed by atoms with Crippen molar-refractivity contribution < 1.29 is 66.9 Å². The Hall–Kier alpha value is -2.41. The van der Waals surface area contributed by atoms with Gasteiger partial charge in [-0.1, -0.05) is 26.8 Å². The van der Waals surface area contributed by atoms with Gasteiger partial charge in [-0.05, 0) is 94.8 Å². The van der Waals surface area contributed by atoms with Crippen LogP contribution in [0.3, 0.4) is 0 Å². The van der Waals surface area contributed by atoms with Crippen LogP contribution in [0, 0.1) is 17.8 Å². The van der Waals surface area contributed by atoms with Crippen LogP contribution < -0.4 is 0 Å². The molecule has 0 unspecified atom stereocenters. The van der Waals surface area contributed by atoms with Crippen molar-refractivity contribution in [2.24, 2.45) is 17.8 Å². The molecule has 0 aliphatic carbocycles. The Balaban J connectivity index is 1.87. The lowest BCUT2D eigenvalue weighted by molar-refractivity contribution is -0.321. The summed E-state index contributed by atoms with van der Waals surface area (Å²) in [4.78, 5) is 44.1. The van der Waals surface area contributed by atoms with Gasteiger partial charge in [-0.2, -0.15) is 0 Å². The summed E-state index contributed by atoms with van der Waals surface area (Å²) in [6.45, 7) is 24.5. The van der Waals surface area contributed by atoms with E-state index < -0.39 is 102 Å². The molecule has 4 aliphatic heterocycles. The normalized spacial score (nSPS) is 45.0. The van der Waals surface area contributed by atoms with E-state index in [4.69, 9.17) is 47.4 Å². The molecule has 0 aromatic heterocycles. The van der Waals surface area contributed by atoms with Crippen LogP contribution in [-0.2, 0) is 57.0 Å². The number of aliphatic hydroxyl groups is 1. The third-order valence-corrected chi connectivity index (χ3v) is 13.3. The summed E-state index contributed by atoms with van der Waals surface area (Å²) in [5.74, 6) is -3.01. The van der Waals surface area contributed by atoms with Crippen LogP contribution >= 0.6 is 0 Å². The molecule has 18 atom stereocenters. The summed E-state index contributed by atoms with van der Waals surface area (Å²) in [7, 11) is 7.35. The minimum absolute atomic E-state index is 0.140. The summed E-state index contributed by atoms with van der Waals surface area (Å²) < 4.78 is 63.0. The minimum Gasteiger partial charge on any atom is -0.458 e. The number of rotatable bonds is 11. The van der Waals surface area contributed by atoms with Gasteiger partial charge < -0.3 is 57.4 Å². The van der Waals surface area contributed by atoms with Gasteiger partial charge >= 0.3 is 18.1 Å². The van der Waals surface area contributed by atoms with Crippen molar-refractivity contribution in [1.29, 1.82) is 0 Å². The molecule has 0 saturated carbocycles. The van der Waals surface area contributed by atoms with Crippen LogP contribution in [0.4, 0.5) is 4.79 Å². The van der Waals surface area contributed by atoms with E-state index in [1.54, 1.807) is 34.0 Å². The quantitative estimate of drug-likeness (QED) is 0.170. The van der Waals surface area contributed by atoms with E-state index in [2.05, 4.69) is 11.5 Å². The Morgan fingerprint density at radius 2 is 1.67 bits per heavy atom. The highest BCUT2D eigenvalue weighted by Crippen LogP contribution is 2.42. The molecule has 4 aliphatic rings. The number of nitrogens with zero attached hydrogens (tertiary/aromatic N) is 2. The molecule has 4 heterocycles. The number of methoxy groups -OCH3 is 1. The third kappa shape index (κ3) is 11.2. The van der Waals surface area contributed by atoms with Gasteiger partial charge in [0.2, 0.25) is 0 Å². The largest absolute Gasteiger partial charge is 0.509 e. The zero-order valence-electron chi connectivity index (χ0n) is 38.8. The number of hydrogen-bond acceptors (Lipinski definition) is 16. The predicted molar refractivity (Wildman–Crippen MR) is 221 cm³/mol. The first-order chi connectivity index (χ1) is 27.9. The van der Waals surface area contributed by atoms with Crippen LogP contribution in [0.1, 0.15) is 102 Å². The molecule has 346 valence electrons. The second kappa shape index (κ2) is 20.4. The molecule has 4 rings (SSSR count). The summed E-state index contributed by atoms with van der Waals surface area (Å²) in [6.07, 6.45) is -5.62. The Labute approximate surface area is 358 Å². The maximum atomic E-state index is 14.7. The Morgan fingerprint density at radius 1 is 1.00 bits per heavy atom. The SMILES string of the molecule is C=CCO[C@H]1[C@H](C)O[C@@H](O[C@H]2[C@H](C)[C@@H](O[C@@H]3O[C@H](C)C[C@H](N(C)C)[C@H]3OC(C)=O)[C@](C)(O)C[C@@H](C)CN(C)[C@H](C)[C@@H]3OC(=O)O[C@]3(C)[C@@H](CC)OC(=O)[C@@H]2C)C[C@@]1(C)OC. The van der Waals surface area contributed by atoms with Crippen molar-refractivity contribution in [2.75, 3.05) is 41.4 Å². The fourth-order valence-corrected chi connectivity index (χ4v) is 10.1. The lowest BCUT2D eigenvalue weighted by atomic mass is 9.77. The minimum atomic E-state index is -1.58. The molecule has 4 saturated heterocycles. The predicted octanol–water partition coefficient (Wildman–Crippen LogP) is 4.86. The van der Waals surface area contributed by atoms with Crippen molar-refractivity contribution in [2.45, 2.75) is 192 Å². The van der Waals surface area contributed by atoms with Crippen LogP contribution in [0.15, 0.2) is 12.7 Å². The first kappa shape index (κ1) is 50.2. The highest BCUT2D eigenvalue weighted by Gasteiger charge is 2.58. The highest BCUT2D eigenvalue weighted by molar-refractivity contribution is 5.73. The Kier molecular flexibility index (Phi) is 17.1. The molecule has 4 fully saturated rings. The maximum absolute atomic E-state index is 14.7. The Morgan fingerprint density at radius 3 is 2.25 bits per heavy atom. The lowest BCUT2D eigenvalue weighted by Crippen LogP contribution is -2.61. The standard InChI is InChI=1S/C44H76N2O14/c1-17-19-52-38-29(8)54-33(22-43(38,11)51-16)57-34-26(5)36(58-40-35(55-30(9)47)31(45(13)14)20-25(4)53-40)42(10,50)21-24(3)23-46(15)28(7)37-44(12,60-41(49)59-37)32(18-2)56-39(48)27(34)6/h17,24-29,31-38,40,50H,1,18-23H2,2-16H3/t24-,25-,26+,27-,28-,29+,31+,32-,33+,34+,35-,36-,37+,38+,40+,42-,43-,44-/m1/s1. The second-order valence-electron chi connectivity index (χ2n) is 18.8. The van der Waals surface area contributed by atoms with Crippen LogP contribution in [0.25, 0.3) is 0 Å². The van der Waals surface area contributed by atoms with Crippen molar-refractivity contribution in [3.8, 4) is 0 Å². The van der Waals surface area contributed by atoms with Crippen LogP contribution in [0.2, 0.25) is 0 Å². The van der Waals surface area contributed by atoms with Crippen LogP contribution in [0.5, 0.6) is 0 Å². The summed E-state index contributed by atoms with van der Waals surface area (Å²) in [5, 5.41) is 12.8. The molecule has 0 spiro atoms. The van der Waals surface area contributed by atoms with Crippen molar-refractivity contribution >= 4 is 18.1 Å².